The quantitative estimate of drug-likeness (QED) is 0.118. The molecule has 0 unspecified atom stereocenters. The van der Waals surface area contributed by atoms with Crippen LogP contribution in [0.2, 0.25) is 0 Å². The van der Waals surface area contributed by atoms with Gasteiger partial charge < -0.3 is 39.1 Å². The van der Waals surface area contributed by atoms with E-state index in [0.29, 0.717) is 42.4 Å². The lowest BCUT2D eigenvalue weighted by Gasteiger charge is -2.40. The number of hydrogen-bond acceptors (Lipinski definition) is 8. The third kappa shape index (κ3) is 11.7. The minimum absolute atomic E-state index is 0.0667. The van der Waals surface area contributed by atoms with Gasteiger partial charge in [0.1, 0.15) is 43.5 Å². The molecular weight excluding hydrogens is 684 g/mol. The van der Waals surface area contributed by atoms with Gasteiger partial charge in [-0.2, -0.15) is 0 Å². The lowest BCUT2D eigenvalue weighted by Crippen LogP contribution is -2.54. The number of nitrogens with one attached hydrogen (secondary N) is 2. The van der Waals surface area contributed by atoms with Crippen LogP contribution in [0, 0.1) is 0 Å². The van der Waals surface area contributed by atoms with Crippen LogP contribution >= 0.6 is 0 Å². The normalized spacial score (nSPS) is 18.1. The predicted octanol–water partition coefficient (Wildman–Crippen LogP) is 7.08. The molecule has 1 aliphatic rings. The van der Waals surface area contributed by atoms with Gasteiger partial charge in [0.05, 0.1) is 6.61 Å². The number of hydrogen-bond donors (Lipinski definition) is 2. The summed E-state index contributed by atoms with van der Waals surface area (Å²) in [5.74, 6) is -0.354. The zero-order valence-corrected chi connectivity index (χ0v) is 30.5. The molecule has 5 aromatic rings. The third-order valence-electron chi connectivity index (χ3n) is 8.68. The lowest BCUT2D eigenvalue weighted by molar-refractivity contribution is -0.325. The highest BCUT2D eigenvalue weighted by Crippen LogP contribution is 2.24. The van der Waals surface area contributed by atoms with Crippen molar-refractivity contribution in [1.82, 2.24) is 10.6 Å². The van der Waals surface area contributed by atoms with Gasteiger partial charge in [0.15, 0.2) is 12.1 Å². The van der Waals surface area contributed by atoms with Crippen molar-refractivity contribution in [3.05, 3.63) is 167 Å². The van der Waals surface area contributed by atoms with Gasteiger partial charge in [0.2, 0.25) is 0 Å². The SMILES string of the molecule is CC1(C)OC[C@H](OCc2ccccc2)O[C@H](CNC(=O)c2ccc(OCc3ccccc3)cc2)[C@H](CNC(=O)c2ccc(OCc3ccccc3)cc2)O1. The van der Waals surface area contributed by atoms with Crippen LogP contribution in [-0.4, -0.2) is 55.8 Å². The van der Waals surface area contributed by atoms with Gasteiger partial charge >= 0.3 is 0 Å². The van der Waals surface area contributed by atoms with Gasteiger partial charge in [-0.25, -0.2) is 0 Å². The fraction of sp³-hybridized carbons (Fsp3) is 0.273. The second kappa shape index (κ2) is 19.0. The van der Waals surface area contributed by atoms with E-state index in [-0.39, 0.29) is 31.5 Å². The zero-order valence-electron chi connectivity index (χ0n) is 30.5. The van der Waals surface area contributed by atoms with Gasteiger partial charge in [-0.1, -0.05) is 91.0 Å². The molecule has 54 heavy (non-hydrogen) atoms. The standard InChI is InChI=1S/C44H46N2O8/c1-44(2)52-31-41(51-30-34-16-10-5-11-17-34)53-39(26-45-42(47)35-18-22-37(23-19-35)49-28-32-12-6-3-7-13-32)40(54-44)27-46-43(48)36-20-24-38(25-21-36)50-29-33-14-8-4-9-15-33/h3-25,39-41H,26-31H2,1-2H3,(H,45,47)(H,46,48)/t39-,40+,41-/m1/s1. The molecule has 0 bridgehead atoms. The molecule has 2 N–H and O–H groups in total. The van der Waals surface area contributed by atoms with Crippen LogP contribution in [0.4, 0.5) is 0 Å². The monoisotopic (exact) mass is 730 g/mol. The summed E-state index contributed by atoms with van der Waals surface area (Å²) in [6, 6.07) is 43.4. The van der Waals surface area contributed by atoms with Crippen LogP contribution in [0.25, 0.3) is 0 Å². The van der Waals surface area contributed by atoms with Gasteiger partial charge in [0.25, 0.3) is 11.8 Å². The van der Waals surface area contributed by atoms with Crippen molar-refractivity contribution in [3.8, 4) is 11.5 Å². The summed E-state index contributed by atoms with van der Waals surface area (Å²) < 4.78 is 36.8. The lowest BCUT2D eigenvalue weighted by atomic mass is 10.1. The topological polar surface area (TPSA) is 114 Å². The summed E-state index contributed by atoms with van der Waals surface area (Å²) in [6.07, 6.45) is -2.23. The molecule has 1 fully saturated rings. The highest BCUT2D eigenvalue weighted by Gasteiger charge is 2.37. The number of amides is 2. The van der Waals surface area contributed by atoms with Crippen molar-refractivity contribution >= 4 is 11.8 Å². The molecule has 5 aromatic carbocycles. The summed E-state index contributed by atoms with van der Waals surface area (Å²) in [5.41, 5.74) is 3.98. The molecule has 0 radical (unpaired) electrons. The predicted molar refractivity (Wildman–Crippen MR) is 204 cm³/mol. The van der Waals surface area contributed by atoms with Crippen LogP contribution < -0.4 is 20.1 Å². The Bertz CT molecular complexity index is 1890. The van der Waals surface area contributed by atoms with Crippen molar-refractivity contribution in [3.63, 3.8) is 0 Å². The van der Waals surface area contributed by atoms with Gasteiger partial charge in [-0.3, -0.25) is 9.59 Å². The molecule has 0 saturated carbocycles. The number of benzene rings is 5. The molecule has 0 spiro atoms. The Hall–Kier alpha value is -5.52. The summed E-state index contributed by atoms with van der Waals surface area (Å²) in [7, 11) is 0. The van der Waals surface area contributed by atoms with Crippen LogP contribution in [0.5, 0.6) is 11.5 Å². The summed E-state index contributed by atoms with van der Waals surface area (Å²) in [4.78, 5) is 26.7. The van der Waals surface area contributed by atoms with Crippen LogP contribution in [0.15, 0.2) is 140 Å². The summed E-state index contributed by atoms with van der Waals surface area (Å²) in [5, 5.41) is 5.96. The number of carbonyl (C=O) groups excluding carboxylic acids is 2. The van der Waals surface area contributed by atoms with Crippen molar-refractivity contribution in [1.29, 1.82) is 0 Å². The fourth-order valence-corrected chi connectivity index (χ4v) is 5.75. The number of ether oxygens (including phenoxy) is 6. The maximum Gasteiger partial charge on any atom is 0.251 e. The minimum atomic E-state index is -1.05. The Morgan fingerprint density at radius 2 is 1.02 bits per heavy atom. The summed E-state index contributed by atoms with van der Waals surface area (Å²) >= 11 is 0. The second-order valence-electron chi connectivity index (χ2n) is 13.3. The van der Waals surface area contributed by atoms with E-state index >= 15 is 0 Å². The molecule has 1 heterocycles. The van der Waals surface area contributed by atoms with E-state index in [2.05, 4.69) is 10.6 Å². The van der Waals surface area contributed by atoms with E-state index < -0.39 is 24.3 Å². The molecule has 0 aliphatic carbocycles. The number of rotatable bonds is 15. The van der Waals surface area contributed by atoms with Crippen molar-refractivity contribution in [2.45, 2.75) is 58.0 Å². The molecule has 1 aliphatic heterocycles. The highest BCUT2D eigenvalue weighted by atomic mass is 16.8. The molecule has 0 aromatic heterocycles. The first kappa shape index (κ1) is 38.2. The molecule has 10 heteroatoms. The van der Waals surface area contributed by atoms with Crippen molar-refractivity contribution < 1.29 is 38.0 Å². The van der Waals surface area contributed by atoms with Crippen LogP contribution in [0.3, 0.4) is 0 Å². The average Bonchev–Trinajstić information content (AvgIpc) is 3.21. The maximum absolute atomic E-state index is 13.4. The highest BCUT2D eigenvalue weighted by molar-refractivity contribution is 5.94. The minimum Gasteiger partial charge on any atom is -0.489 e. The van der Waals surface area contributed by atoms with E-state index in [1.165, 1.54) is 0 Å². The van der Waals surface area contributed by atoms with Crippen LogP contribution in [0.1, 0.15) is 51.3 Å². The van der Waals surface area contributed by atoms with Crippen molar-refractivity contribution in [2.24, 2.45) is 0 Å². The largest absolute Gasteiger partial charge is 0.489 e. The smallest absolute Gasteiger partial charge is 0.251 e. The van der Waals surface area contributed by atoms with Gasteiger partial charge in [0, 0.05) is 24.2 Å². The molecular formula is C44H46N2O8. The molecule has 6 rings (SSSR count). The Morgan fingerprint density at radius 1 is 0.593 bits per heavy atom. The Morgan fingerprint density at radius 3 is 1.48 bits per heavy atom. The molecule has 1 saturated heterocycles. The van der Waals surface area contributed by atoms with E-state index in [1.807, 2.05) is 91.0 Å². The van der Waals surface area contributed by atoms with Crippen molar-refractivity contribution in [2.75, 3.05) is 19.7 Å². The zero-order chi connectivity index (χ0) is 37.6. The van der Waals surface area contributed by atoms with E-state index in [0.717, 1.165) is 16.7 Å². The summed E-state index contributed by atoms with van der Waals surface area (Å²) in [6.45, 7) is 4.96. The Labute approximate surface area is 316 Å². The molecule has 2 amide bonds. The first-order chi connectivity index (χ1) is 26.3. The Balaban J connectivity index is 1.10. The van der Waals surface area contributed by atoms with E-state index in [1.54, 1.807) is 62.4 Å². The molecule has 3 atom stereocenters. The van der Waals surface area contributed by atoms with E-state index in [4.69, 9.17) is 28.4 Å². The number of carbonyl (C=O) groups is 2. The molecule has 280 valence electrons. The fourth-order valence-electron chi connectivity index (χ4n) is 5.75. The third-order valence-corrected chi connectivity index (χ3v) is 8.68. The van der Waals surface area contributed by atoms with Crippen LogP contribution in [-0.2, 0) is 38.8 Å². The van der Waals surface area contributed by atoms with Gasteiger partial charge in [-0.05, 0) is 79.1 Å². The first-order valence-corrected chi connectivity index (χ1v) is 18.0. The van der Waals surface area contributed by atoms with E-state index in [9.17, 15) is 9.59 Å². The van der Waals surface area contributed by atoms with Gasteiger partial charge in [-0.15, -0.1) is 0 Å². The second-order valence-corrected chi connectivity index (χ2v) is 13.3. The Kier molecular flexibility index (Phi) is 13.4. The first-order valence-electron chi connectivity index (χ1n) is 18.0. The average molecular weight is 731 g/mol. The maximum atomic E-state index is 13.4. The molecule has 10 nitrogen and oxygen atoms in total.